The Morgan fingerprint density at radius 3 is 1.78 bits per heavy atom. The molecule has 14 heteroatoms. The molecule has 0 bridgehead atoms. The van der Waals surface area contributed by atoms with Crippen LogP contribution < -0.4 is 14.2 Å². The number of rotatable bonds is 22. The van der Waals surface area contributed by atoms with E-state index in [2.05, 4.69) is 13.2 Å². The lowest BCUT2D eigenvalue weighted by Gasteiger charge is -2.34. The predicted molar refractivity (Wildman–Crippen MR) is 263 cm³/mol. The van der Waals surface area contributed by atoms with Crippen LogP contribution in [0.3, 0.4) is 0 Å². The van der Waals surface area contributed by atoms with Gasteiger partial charge in [0.05, 0.1) is 28.0 Å². The number of aliphatic imine (C=N–C) groups is 1. The van der Waals surface area contributed by atoms with Crippen molar-refractivity contribution >= 4 is 63.2 Å². The van der Waals surface area contributed by atoms with Crippen molar-refractivity contribution in [1.82, 2.24) is 4.98 Å². The molecule has 67 heavy (non-hydrogen) atoms. The van der Waals surface area contributed by atoms with Crippen molar-refractivity contribution in [2.24, 2.45) is 4.99 Å². The van der Waals surface area contributed by atoms with Gasteiger partial charge in [0.25, 0.3) is 0 Å². The fraction of sp³-hybridized carbons (Fsp3) is 0.358. The maximum atomic E-state index is 13.6. The van der Waals surface area contributed by atoms with Gasteiger partial charge in [-0.1, -0.05) is 37.7 Å². The summed E-state index contributed by atoms with van der Waals surface area (Å²) in [5.41, 5.74) is -0.192. The van der Waals surface area contributed by atoms with E-state index in [0.29, 0.717) is 58.9 Å². The molecule has 0 saturated carbocycles. The Hall–Kier alpha value is -6.31. The Kier molecular flexibility index (Phi) is 17.0. The van der Waals surface area contributed by atoms with Crippen LogP contribution >= 0.6 is 22.9 Å². The van der Waals surface area contributed by atoms with E-state index in [9.17, 15) is 19.2 Å². The van der Waals surface area contributed by atoms with Crippen molar-refractivity contribution in [3.8, 4) is 17.2 Å². The van der Waals surface area contributed by atoms with E-state index in [4.69, 9.17) is 50.0 Å². The summed E-state index contributed by atoms with van der Waals surface area (Å²) >= 11 is 7.77. The SMILES string of the molecule is C=CC(=O)OC(C)(C)CC(C)(C)Oc1ccc(C(=O)OCCc2ccc(OC(=O)c3ccc(OC(C)(C)CC(C)(C)OC(=O)C=C)cc3)c(C=NC(CC)c3nc4ccc(Cl)cc4s3)c2)cc1. The van der Waals surface area contributed by atoms with Gasteiger partial charge in [-0.3, -0.25) is 4.99 Å². The molecule has 354 valence electrons. The van der Waals surface area contributed by atoms with E-state index < -0.39 is 46.3 Å². The molecule has 1 aromatic heterocycles. The van der Waals surface area contributed by atoms with Gasteiger partial charge in [0.1, 0.15) is 50.7 Å². The highest BCUT2D eigenvalue weighted by molar-refractivity contribution is 7.18. The second-order valence-corrected chi connectivity index (χ2v) is 19.9. The third kappa shape index (κ3) is 15.6. The number of hydrogen-bond acceptors (Lipinski definition) is 13. The van der Waals surface area contributed by atoms with Gasteiger partial charge in [0.2, 0.25) is 0 Å². The largest absolute Gasteiger partial charge is 0.488 e. The Bertz CT molecular complexity index is 2610. The minimum Gasteiger partial charge on any atom is -0.488 e. The van der Waals surface area contributed by atoms with Gasteiger partial charge >= 0.3 is 23.9 Å². The van der Waals surface area contributed by atoms with Gasteiger partial charge in [-0.05, 0) is 146 Å². The van der Waals surface area contributed by atoms with Crippen molar-refractivity contribution < 1.29 is 47.6 Å². The summed E-state index contributed by atoms with van der Waals surface area (Å²) in [5.74, 6) is -0.779. The molecule has 0 N–H and O–H groups in total. The fourth-order valence-electron chi connectivity index (χ4n) is 7.80. The van der Waals surface area contributed by atoms with E-state index in [1.165, 1.54) is 11.3 Å². The number of nitrogens with zero attached hydrogens (tertiary/aromatic N) is 2. The van der Waals surface area contributed by atoms with E-state index in [-0.39, 0.29) is 18.4 Å². The number of esters is 4. The maximum absolute atomic E-state index is 13.6. The lowest BCUT2D eigenvalue weighted by molar-refractivity contribution is -0.155. The molecule has 5 aromatic rings. The number of carbonyl (C=O) groups excluding carboxylic acids is 4. The molecule has 0 aliphatic carbocycles. The number of aromatic nitrogens is 1. The van der Waals surface area contributed by atoms with E-state index in [0.717, 1.165) is 32.9 Å². The highest BCUT2D eigenvalue weighted by atomic mass is 35.5. The smallest absolute Gasteiger partial charge is 0.343 e. The first-order valence-electron chi connectivity index (χ1n) is 21.9. The van der Waals surface area contributed by atoms with Gasteiger partial charge in [-0.2, -0.15) is 0 Å². The molecule has 12 nitrogen and oxygen atoms in total. The standard InChI is InChI=1S/C53H59ClN2O10S/c1-12-41(47-56-42-25-20-38(54)30-44(42)67-47)55-31-37-29-34(27-28-61-48(59)35-16-21-39(22-17-35)63-50(4,5)32-52(8,9)65-45(57)13-2)15-26-43(37)62-49(60)36-18-23-40(24-19-36)64-51(6,7)33-53(10,11)66-46(58)14-3/h13-26,29-31,41H,2-3,12,27-28,32-33H2,1,4-11H3. The molecule has 1 heterocycles. The number of benzene rings is 4. The lowest BCUT2D eigenvalue weighted by atomic mass is 9.92. The van der Waals surface area contributed by atoms with Crippen LogP contribution in [0.25, 0.3) is 10.2 Å². The zero-order valence-corrected chi connectivity index (χ0v) is 41.2. The van der Waals surface area contributed by atoms with Crippen LogP contribution in [0, 0.1) is 0 Å². The van der Waals surface area contributed by atoms with Gasteiger partial charge < -0.3 is 28.4 Å². The van der Waals surface area contributed by atoms with Crippen LogP contribution in [-0.4, -0.2) is 64.1 Å². The van der Waals surface area contributed by atoms with Gasteiger partial charge in [0.15, 0.2) is 0 Å². The number of halogens is 1. The average molecular weight is 952 g/mol. The molecule has 0 amide bonds. The van der Waals surface area contributed by atoms with Crippen LogP contribution in [0.2, 0.25) is 5.02 Å². The Balaban J connectivity index is 1.28. The summed E-state index contributed by atoms with van der Waals surface area (Å²) in [6.07, 6.45) is 5.75. The molecule has 0 radical (unpaired) electrons. The third-order valence-corrected chi connectivity index (χ3v) is 11.4. The molecule has 0 aliphatic rings. The summed E-state index contributed by atoms with van der Waals surface area (Å²) in [6.45, 7) is 23.8. The number of carbonyl (C=O) groups is 4. The monoisotopic (exact) mass is 950 g/mol. The van der Waals surface area contributed by atoms with Gasteiger partial charge in [-0.25, -0.2) is 24.2 Å². The molecule has 0 spiro atoms. The molecule has 0 saturated heterocycles. The number of thiazole rings is 1. The minimum absolute atomic E-state index is 0.0763. The fourth-order valence-corrected chi connectivity index (χ4v) is 9.18. The van der Waals surface area contributed by atoms with Crippen molar-refractivity contribution in [1.29, 1.82) is 0 Å². The van der Waals surface area contributed by atoms with Crippen molar-refractivity contribution in [3.63, 3.8) is 0 Å². The van der Waals surface area contributed by atoms with Crippen LogP contribution in [0.1, 0.15) is 124 Å². The molecule has 4 aromatic carbocycles. The molecule has 1 atom stereocenters. The highest BCUT2D eigenvalue weighted by Crippen LogP contribution is 2.34. The van der Waals surface area contributed by atoms with Gasteiger partial charge in [0, 0.05) is 48.2 Å². The average Bonchev–Trinajstić information content (AvgIpc) is 3.66. The first-order chi connectivity index (χ1) is 31.5. The number of fused-ring (bicyclic) bond motifs is 1. The first kappa shape index (κ1) is 51.7. The second kappa shape index (κ2) is 22.0. The summed E-state index contributed by atoms with van der Waals surface area (Å²) < 4.78 is 36.0. The van der Waals surface area contributed by atoms with Crippen LogP contribution in [0.4, 0.5) is 0 Å². The van der Waals surface area contributed by atoms with Gasteiger partial charge in [-0.15, -0.1) is 11.3 Å². The normalized spacial score (nSPS) is 12.6. The van der Waals surface area contributed by atoms with Crippen molar-refractivity contribution in [2.45, 2.75) is 116 Å². The van der Waals surface area contributed by atoms with Crippen molar-refractivity contribution in [3.05, 3.63) is 143 Å². The highest BCUT2D eigenvalue weighted by Gasteiger charge is 2.34. The summed E-state index contributed by atoms with van der Waals surface area (Å²) in [7, 11) is 0. The van der Waals surface area contributed by atoms with E-state index in [1.54, 1.807) is 94.6 Å². The minimum atomic E-state index is -0.812. The summed E-state index contributed by atoms with van der Waals surface area (Å²) in [6, 6.07) is 23.9. The molecule has 5 rings (SSSR count). The zero-order chi connectivity index (χ0) is 49.2. The molecular formula is C53H59ClN2O10S. The lowest BCUT2D eigenvalue weighted by Crippen LogP contribution is -2.40. The van der Waals surface area contributed by atoms with Crippen LogP contribution in [-0.2, 0) is 30.2 Å². The Morgan fingerprint density at radius 2 is 1.25 bits per heavy atom. The molecule has 1 unspecified atom stereocenters. The van der Waals surface area contributed by atoms with Crippen molar-refractivity contribution in [2.75, 3.05) is 6.61 Å². The summed E-state index contributed by atoms with van der Waals surface area (Å²) in [4.78, 5) is 60.1. The molecule has 0 fully saturated rings. The van der Waals surface area contributed by atoms with Crippen LogP contribution in [0.5, 0.6) is 17.2 Å². The predicted octanol–water partition coefficient (Wildman–Crippen LogP) is 12.2. The third-order valence-electron chi connectivity index (χ3n) is 10.1. The molecular weight excluding hydrogens is 892 g/mol. The zero-order valence-electron chi connectivity index (χ0n) is 39.6. The Morgan fingerprint density at radius 1 is 0.716 bits per heavy atom. The van der Waals surface area contributed by atoms with E-state index in [1.807, 2.05) is 58.9 Å². The molecule has 0 aliphatic heterocycles. The van der Waals surface area contributed by atoms with Crippen LogP contribution in [0.15, 0.2) is 115 Å². The topological polar surface area (TPSA) is 149 Å². The first-order valence-corrected chi connectivity index (χ1v) is 23.1. The number of hydrogen-bond donors (Lipinski definition) is 0. The Labute approximate surface area is 402 Å². The second-order valence-electron chi connectivity index (χ2n) is 18.4. The number of ether oxygens (including phenoxy) is 6. The maximum Gasteiger partial charge on any atom is 0.343 e. The van der Waals surface area contributed by atoms with E-state index >= 15 is 0 Å². The summed E-state index contributed by atoms with van der Waals surface area (Å²) in [5, 5.41) is 1.45. The quantitative estimate of drug-likeness (QED) is 0.0214.